The Kier molecular flexibility index (Phi) is 4.80. The number of hydrazine groups is 1. The van der Waals surface area contributed by atoms with E-state index in [0.717, 1.165) is 4.47 Å². The van der Waals surface area contributed by atoms with E-state index in [0.29, 0.717) is 11.3 Å². The normalized spacial score (nSPS) is 10.3. The van der Waals surface area contributed by atoms with Crippen molar-refractivity contribution in [2.24, 2.45) is 0 Å². The number of nitrogens with zero attached hydrogens (tertiary/aromatic N) is 2. The molecule has 0 spiro atoms. The topological polar surface area (TPSA) is 96.3 Å². The van der Waals surface area contributed by atoms with Crippen LogP contribution in [0.2, 0.25) is 0 Å². The molecule has 3 aromatic rings. The van der Waals surface area contributed by atoms with Gasteiger partial charge in [-0.25, -0.2) is 4.68 Å². The molecule has 0 unspecified atom stereocenters. The van der Waals surface area contributed by atoms with Crippen molar-refractivity contribution in [1.29, 1.82) is 0 Å². The van der Waals surface area contributed by atoms with Gasteiger partial charge in [0.25, 0.3) is 11.8 Å². The molecule has 0 radical (unpaired) electrons. The lowest BCUT2D eigenvalue weighted by molar-refractivity contribution is 0.0842. The molecule has 0 fully saturated rings. The number of carbonyl (C=O) groups excluding carboxylic acids is 2. The fourth-order valence-corrected chi connectivity index (χ4v) is 2.35. The van der Waals surface area contributed by atoms with Gasteiger partial charge in [0.1, 0.15) is 0 Å². The predicted molar refractivity (Wildman–Crippen MR) is 94.3 cm³/mol. The number of para-hydroxylation sites is 1. The molecule has 0 atom stereocenters. The molecule has 0 aliphatic rings. The Balaban J connectivity index is 1.68. The largest absolute Gasteiger partial charge is 0.504 e. The van der Waals surface area contributed by atoms with E-state index in [1.807, 2.05) is 18.2 Å². The van der Waals surface area contributed by atoms with Crippen LogP contribution in [-0.2, 0) is 0 Å². The molecule has 0 saturated heterocycles. The molecule has 1 aromatic heterocycles. The molecular weight excluding hydrogens is 388 g/mol. The van der Waals surface area contributed by atoms with Gasteiger partial charge in [0.2, 0.25) is 0 Å². The molecule has 0 bridgehead atoms. The summed E-state index contributed by atoms with van der Waals surface area (Å²) in [4.78, 5) is 24.1. The minimum atomic E-state index is -0.724. The van der Waals surface area contributed by atoms with Crippen molar-refractivity contribution in [2.75, 3.05) is 0 Å². The smallest absolute Gasteiger partial charge is 0.294 e. The van der Waals surface area contributed by atoms with Crippen LogP contribution in [0.15, 0.2) is 65.3 Å². The maximum atomic E-state index is 12.1. The maximum Gasteiger partial charge on any atom is 0.294 e. The second-order valence-corrected chi connectivity index (χ2v) is 5.97. The van der Waals surface area contributed by atoms with Crippen LogP contribution >= 0.6 is 15.9 Å². The van der Waals surface area contributed by atoms with Crippen LogP contribution in [-0.4, -0.2) is 26.7 Å². The standard InChI is InChI=1S/C17H13BrN4O3/c18-12-8-6-11(7-9-12)16(24)19-20-17(25)15-14(23)10-22(21-15)13-4-2-1-3-5-13/h1-10,23H,(H,19,24)(H,20,25). The summed E-state index contributed by atoms with van der Waals surface area (Å²) in [6.45, 7) is 0. The molecule has 0 aliphatic carbocycles. The molecule has 3 N–H and O–H groups in total. The molecule has 25 heavy (non-hydrogen) atoms. The van der Waals surface area contributed by atoms with Crippen LogP contribution in [0.1, 0.15) is 20.8 Å². The monoisotopic (exact) mass is 400 g/mol. The van der Waals surface area contributed by atoms with Crippen molar-refractivity contribution in [3.05, 3.63) is 76.5 Å². The first-order valence-corrected chi connectivity index (χ1v) is 8.04. The van der Waals surface area contributed by atoms with Gasteiger partial charge in [-0.3, -0.25) is 20.4 Å². The number of aromatic hydroxyl groups is 1. The minimum absolute atomic E-state index is 0.194. The number of amides is 2. The Morgan fingerprint density at radius 1 is 0.960 bits per heavy atom. The van der Waals surface area contributed by atoms with Crippen molar-refractivity contribution in [3.8, 4) is 11.4 Å². The third kappa shape index (κ3) is 3.86. The van der Waals surface area contributed by atoms with Crippen LogP contribution in [0, 0.1) is 0 Å². The van der Waals surface area contributed by atoms with Gasteiger partial charge in [0, 0.05) is 10.0 Å². The summed E-state index contributed by atoms with van der Waals surface area (Å²) in [5.74, 6) is -1.50. The Bertz CT molecular complexity index is 907. The molecule has 126 valence electrons. The lowest BCUT2D eigenvalue weighted by Gasteiger charge is -2.06. The van der Waals surface area contributed by atoms with Crippen molar-refractivity contribution in [2.45, 2.75) is 0 Å². The molecule has 0 saturated carbocycles. The number of hydrogen-bond donors (Lipinski definition) is 3. The van der Waals surface area contributed by atoms with E-state index in [-0.39, 0.29) is 11.4 Å². The number of rotatable bonds is 3. The Morgan fingerprint density at radius 3 is 2.28 bits per heavy atom. The average molecular weight is 401 g/mol. The Morgan fingerprint density at radius 2 is 1.60 bits per heavy atom. The lowest BCUT2D eigenvalue weighted by Crippen LogP contribution is -2.41. The van der Waals surface area contributed by atoms with E-state index in [4.69, 9.17) is 0 Å². The van der Waals surface area contributed by atoms with E-state index in [9.17, 15) is 14.7 Å². The van der Waals surface area contributed by atoms with Crippen LogP contribution < -0.4 is 10.9 Å². The number of halogens is 1. The Labute approximate surface area is 151 Å². The molecule has 1 heterocycles. The van der Waals surface area contributed by atoms with Gasteiger partial charge in [-0.1, -0.05) is 34.1 Å². The third-order valence-corrected chi connectivity index (χ3v) is 3.86. The first-order chi connectivity index (χ1) is 12.0. The van der Waals surface area contributed by atoms with Gasteiger partial charge < -0.3 is 5.11 Å². The summed E-state index contributed by atoms with van der Waals surface area (Å²) in [6, 6.07) is 15.7. The van der Waals surface area contributed by atoms with Crippen molar-refractivity contribution < 1.29 is 14.7 Å². The second kappa shape index (κ2) is 7.18. The van der Waals surface area contributed by atoms with Crippen molar-refractivity contribution in [3.63, 3.8) is 0 Å². The fraction of sp³-hybridized carbons (Fsp3) is 0. The SMILES string of the molecule is O=C(NNC(=O)c1nn(-c2ccccc2)cc1O)c1ccc(Br)cc1. The van der Waals surface area contributed by atoms with E-state index in [2.05, 4.69) is 31.9 Å². The average Bonchev–Trinajstić information content (AvgIpc) is 3.02. The van der Waals surface area contributed by atoms with Gasteiger partial charge in [-0.2, -0.15) is 5.10 Å². The van der Waals surface area contributed by atoms with Crippen LogP contribution in [0.5, 0.6) is 5.75 Å². The molecule has 7 nitrogen and oxygen atoms in total. The summed E-state index contributed by atoms with van der Waals surface area (Å²) in [5.41, 5.74) is 5.38. The number of carbonyl (C=O) groups is 2. The molecule has 2 amide bonds. The highest BCUT2D eigenvalue weighted by Gasteiger charge is 2.18. The van der Waals surface area contributed by atoms with Gasteiger partial charge in [-0.05, 0) is 36.4 Å². The molecular formula is C17H13BrN4O3. The quantitative estimate of drug-likeness (QED) is 0.588. The van der Waals surface area contributed by atoms with Crippen LogP contribution in [0.3, 0.4) is 0 Å². The highest BCUT2D eigenvalue weighted by molar-refractivity contribution is 9.10. The van der Waals surface area contributed by atoms with Crippen LogP contribution in [0.4, 0.5) is 0 Å². The van der Waals surface area contributed by atoms with Gasteiger partial charge in [-0.15, -0.1) is 0 Å². The van der Waals surface area contributed by atoms with Crippen LogP contribution in [0.25, 0.3) is 5.69 Å². The highest BCUT2D eigenvalue weighted by atomic mass is 79.9. The zero-order valence-corrected chi connectivity index (χ0v) is 14.4. The summed E-state index contributed by atoms with van der Waals surface area (Å²) >= 11 is 3.28. The number of aromatic nitrogens is 2. The minimum Gasteiger partial charge on any atom is -0.504 e. The van der Waals surface area contributed by atoms with Gasteiger partial charge in [0.15, 0.2) is 11.4 Å². The van der Waals surface area contributed by atoms with Gasteiger partial charge >= 0.3 is 0 Å². The molecule has 0 aliphatic heterocycles. The number of hydrogen-bond acceptors (Lipinski definition) is 4. The van der Waals surface area contributed by atoms with E-state index in [1.165, 1.54) is 10.9 Å². The summed E-state index contributed by atoms with van der Waals surface area (Å²) in [7, 11) is 0. The molecule has 3 rings (SSSR count). The predicted octanol–water partition coefficient (Wildman–Crippen LogP) is 2.42. The van der Waals surface area contributed by atoms with E-state index >= 15 is 0 Å². The second-order valence-electron chi connectivity index (χ2n) is 5.06. The summed E-state index contributed by atoms with van der Waals surface area (Å²) in [6.07, 6.45) is 1.32. The highest BCUT2D eigenvalue weighted by Crippen LogP contribution is 2.17. The summed E-state index contributed by atoms with van der Waals surface area (Å²) < 4.78 is 2.21. The van der Waals surface area contributed by atoms with Crippen molar-refractivity contribution >= 4 is 27.7 Å². The number of nitrogens with one attached hydrogen (secondary N) is 2. The fourth-order valence-electron chi connectivity index (χ4n) is 2.09. The summed E-state index contributed by atoms with van der Waals surface area (Å²) in [5, 5.41) is 14.0. The third-order valence-electron chi connectivity index (χ3n) is 3.33. The van der Waals surface area contributed by atoms with E-state index < -0.39 is 11.8 Å². The van der Waals surface area contributed by atoms with Crippen molar-refractivity contribution in [1.82, 2.24) is 20.6 Å². The van der Waals surface area contributed by atoms with Gasteiger partial charge in [0.05, 0.1) is 11.9 Å². The first kappa shape index (κ1) is 16.7. The Hall–Kier alpha value is -3.13. The zero-order valence-electron chi connectivity index (χ0n) is 12.8. The molecule has 8 heteroatoms. The first-order valence-electron chi connectivity index (χ1n) is 7.25. The zero-order chi connectivity index (χ0) is 17.8. The lowest BCUT2D eigenvalue weighted by atomic mass is 10.2. The maximum absolute atomic E-state index is 12.1. The van der Waals surface area contributed by atoms with E-state index in [1.54, 1.807) is 36.4 Å². The number of benzene rings is 2. The molecule has 2 aromatic carbocycles.